The molecule has 44 heavy (non-hydrogen) atoms. The maximum atomic E-state index is 15.4. The third kappa shape index (κ3) is 6.34. The van der Waals surface area contributed by atoms with Crippen LogP contribution < -0.4 is 5.69 Å². The van der Waals surface area contributed by atoms with Crippen LogP contribution in [0, 0.1) is 5.82 Å². The van der Waals surface area contributed by atoms with Gasteiger partial charge in [-0.2, -0.15) is 0 Å². The van der Waals surface area contributed by atoms with Crippen LogP contribution in [0.1, 0.15) is 50.4 Å². The molecule has 1 aromatic carbocycles. The number of pyridine rings is 1. The van der Waals surface area contributed by atoms with Gasteiger partial charge in [-0.25, -0.2) is 9.18 Å². The van der Waals surface area contributed by atoms with Gasteiger partial charge in [-0.15, -0.1) is 23.4 Å². The largest absolute Gasteiger partial charge is 0.522 e. The molecule has 6 rings (SSSR count). The maximum Gasteiger partial charge on any atom is 0.522 e. The molecule has 2 aliphatic heterocycles. The minimum Gasteiger partial charge on any atom is -0.381 e. The molecule has 236 valence electrons. The van der Waals surface area contributed by atoms with Gasteiger partial charge in [0.15, 0.2) is 5.65 Å². The molecule has 0 bridgehead atoms. The molecule has 0 radical (unpaired) electrons. The van der Waals surface area contributed by atoms with Crippen molar-refractivity contribution < 1.29 is 31.8 Å². The molecule has 5 heterocycles. The van der Waals surface area contributed by atoms with E-state index in [1.807, 2.05) is 6.92 Å². The Morgan fingerprint density at radius 1 is 1.09 bits per heavy atom. The average molecular weight is 619 g/mol. The number of imidazole rings is 1. The lowest BCUT2D eigenvalue weighted by molar-refractivity contribution is -0.345. The number of alkyl halides is 3. The van der Waals surface area contributed by atoms with Crippen molar-refractivity contribution in [2.24, 2.45) is 7.05 Å². The lowest BCUT2D eigenvalue weighted by atomic mass is 10.0. The summed E-state index contributed by atoms with van der Waals surface area (Å²) in [5, 5.41) is 9.09. The Kier molecular flexibility index (Phi) is 8.68. The monoisotopic (exact) mass is 618 g/mol. The highest BCUT2D eigenvalue weighted by atomic mass is 19.4. The first kappa shape index (κ1) is 30.6. The van der Waals surface area contributed by atoms with Gasteiger partial charge in [0.25, 0.3) is 0 Å². The number of likely N-dealkylation sites (tertiary alicyclic amines) is 1. The molecule has 0 unspecified atom stereocenters. The standard InChI is InChI=1S/C30H34F4N6O4/c1-18(43-14-11-39-9-5-21(6-10-39)44-30(32,33)34)25-4-3-19(17-35-25)22-15-23-26(16-24(22)31)36-37-28-27(23)40(29(41)38(28)2)20-7-12-42-13-8-20/h3-4,15-18,20-21H,5-14H2,1-2H3/t18-/m1/s1. The number of benzene rings is 1. The van der Waals surface area contributed by atoms with Crippen LogP contribution in [-0.2, 0) is 21.3 Å². The first-order valence-corrected chi connectivity index (χ1v) is 14.8. The Hall–Kier alpha value is -3.46. The summed E-state index contributed by atoms with van der Waals surface area (Å²) in [6, 6.07) is 6.54. The minimum atomic E-state index is -4.61. The molecule has 0 saturated carbocycles. The van der Waals surface area contributed by atoms with E-state index in [9.17, 15) is 18.0 Å². The van der Waals surface area contributed by atoms with Gasteiger partial charge >= 0.3 is 12.1 Å². The first-order chi connectivity index (χ1) is 21.1. The highest BCUT2D eigenvalue weighted by Crippen LogP contribution is 2.33. The van der Waals surface area contributed by atoms with E-state index < -0.39 is 18.3 Å². The topological polar surface area (TPSA) is 96.5 Å². The highest BCUT2D eigenvalue weighted by Gasteiger charge is 2.35. The number of aromatic nitrogens is 5. The van der Waals surface area contributed by atoms with Gasteiger partial charge in [-0.1, -0.05) is 6.07 Å². The number of aryl methyl sites for hydroxylation is 1. The fourth-order valence-corrected chi connectivity index (χ4v) is 6.11. The molecule has 2 aliphatic rings. The zero-order chi connectivity index (χ0) is 31.0. The van der Waals surface area contributed by atoms with Crippen LogP contribution >= 0.6 is 0 Å². The second-order valence-electron chi connectivity index (χ2n) is 11.4. The molecule has 1 atom stereocenters. The Bertz CT molecular complexity index is 1680. The molecule has 0 spiro atoms. The first-order valence-electron chi connectivity index (χ1n) is 14.8. The third-order valence-electron chi connectivity index (χ3n) is 8.54. The zero-order valence-corrected chi connectivity index (χ0v) is 24.5. The quantitative estimate of drug-likeness (QED) is 0.257. The van der Waals surface area contributed by atoms with Crippen LogP contribution in [0.3, 0.4) is 0 Å². The summed E-state index contributed by atoms with van der Waals surface area (Å²) in [5.74, 6) is -0.481. The smallest absolute Gasteiger partial charge is 0.381 e. The normalized spacial score (nSPS) is 18.4. The van der Waals surface area contributed by atoms with Crippen molar-refractivity contribution in [1.29, 1.82) is 0 Å². The third-order valence-corrected chi connectivity index (χ3v) is 8.54. The number of piperidine rings is 1. The number of halogens is 4. The van der Waals surface area contributed by atoms with Gasteiger partial charge in [0.05, 0.1) is 30.0 Å². The highest BCUT2D eigenvalue weighted by molar-refractivity contribution is 6.02. The van der Waals surface area contributed by atoms with Crippen molar-refractivity contribution in [2.75, 3.05) is 39.5 Å². The van der Waals surface area contributed by atoms with E-state index in [1.54, 1.807) is 36.0 Å². The van der Waals surface area contributed by atoms with Crippen LogP contribution in [0.2, 0.25) is 0 Å². The maximum absolute atomic E-state index is 15.4. The van der Waals surface area contributed by atoms with E-state index in [-0.39, 0.29) is 17.8 Å². The summed E-state index contributed by atoms with van der Waals surface area (Å²) >= 11 is 0. The lowest BCUT2D eigenvalue weighted by Gasteiger charge is -2.32. The summed E-state index contributed by atoms with van der Waals surface area (Å²) in [6.45, 7) is 4.97. The van der Waals surface area contributed by atoms with Gasteiger partial charge in [0.1, 0.15) is 11.3 Å². The van der Waals surface area contributed by atoms with Gasteiger partial charge in [0.2, 0.25) is 0 Å². The zero-order valence-electron chi connectivity index (χ0n) is 24.5. The van der Waals surface area contributed by atoms with Crippen molar-refractivity contribution in [3.05, 3.63) is 52.5 Å². The second-order valence-corrected chi connectivity index (χ2v) is 11.4. The summed E-state index contributed by atoms with van der Waals surface area (Å²) in [5.41, 5.74) is 2.77. The van der Waals surface area contributed by atoms with Crippen molar-refractivity contribution in [2.45, 2.75) is 57.2 Å². The number of hydrogen-bond donors (Lipinski definition) is 0. The van der Waals surface area contributed by atoms with Crippen molar-refractivity contribution in [1.82, 2.24) is 29.2 Å². The van der Waals surface area contributed by atoms with Crippen LogP contribution in [0.25, 0.3) is 33.2 Å². The molecular weight excluding hydrogens is 584 g/mol. The SMILES string of the molecule is C[C@@H](OCCN1CCC(OC(F)(F)F)CC1)c1ccc(-c2cc3c(cc2F)nnc2c3n(C3CCOCC3)c(=O)n2C)cn1. The van der Waals surface area contributed by atoms with E-state index in [2.05, 4.69) is 24.8 Å². The van der Waals surface area contributed by atoms with E-state index in [0.29, 0.717) is 104 Å². The van der Waals surface area contributed by atoms with Gasteiger partial charge in [0, 0.05) is 74.7 Å². The van der Waals surface area contributed by atoms with Gasteiger partial charge in [-0.05, 0) is 44.7 Å². The Morgan fingerprint density at radius 3 is 2.52 bits per heavy atom. The summed E-state index contributed by atoms with van der Waals surface area (Å²) in [4.78, 5) is 19.8. The van der Waals surface area contributed by atoms with Crippen LogP contribution in [-0.4, -0.2) is 81.1 Å². The lowest BCUT2D eigenvalue weighted by Crippen LogP contribution is -2.40. The van der Waals surface area contributed by atoms with E-state index in [4.69, 9.17) is 9.47 Å². The van der Waals surface area contributed by atoms with Crippen LogP contribution in [0.15, 0.2) is 35.3 Å². The Labute approximate surface area is 250 Å². The van der Waals surface area contributed by atoms with Gasteiger partial charge < -0.3 is 14.4 Å². The molecule has 3 aromatic heterocycles. The van der Waals surface area contributed by atoms with Crippen molar-refractivity contribution >= 4 is 22.1 Å². The second kappa shape index (κ2) is 12.5. The molecular formula is C30H34F4N6O4. The molecule has 0 N–H and O–H groups in total. The Balaban J connectivity index is 1.16. The predicted molar refractivity (Wildman–Crippen MR) is 154 cm³/mol. The predicted octanol–water partition coefficient (Wildman–Crippen LogP) is 4.91. The fraction of sp³-hybridized carbons (Fsp3) is 0.533. The minimum absolute atomic E-state index is 0.0569. The fourth-order valence-electron chi connectivity index (χ4n) is 6.11. The molecule has 10 nitrogen and oxygen atoms in total. The number of rotatable bonds is 8. The van der Waals surface area contributed by atoms with E-state index in [0.717, 1.165) is 0 Å². The number of nitrogens with zero attached hydrogens (tertiary/aromatic N) is 6. The molecule has 0 aliphatic carbocycles. The van der Waals surface area contributed by atoms with E-state index in [1.165, 1.54) is 10.6 Å². The van der Waals surface area contributed by atoms with Gasteiger partial charge in [-0.3, -0.25) is 18.9 Å². The van der Waals surface area contributed by atoms with E-state index >= 15 is 4.39 Å². The summed E-state index contributed by atoms with van der Waals surface area (Å²) < 4.78 is 71.5. The molecule has 4 aromatic rings. The number of hydrogen-bond acceptors (Lipinski definition) is 8. The summed E-state index contributed by atoms with van der Waals surface area (Å²) in [7, 11) is 1.66. The molecule has 2 fully saturated rings. The van der Waals surface area contributed by atoms with Crippen molar-refractivity contribution in [3.8, 4) is 11.1 Å². The molecule has 14 heteroatoms. The molecule has 0 amide bonds. The van der Waals surface area contributed by atoms with Crippen LogP contribution in [0.4, 0.5) is 17.6 Å². The average Bonchev–Trinajstić information content (AvgIpc) is 3.27. The molecule has 2 saturated heterocycles. The summed E-state index contributed by atoms with van der Waals surface area (Å²) in [6.07, 6.45) is -2.14. The van der Waals surface area contributed by atoms with Crippen LogP contribution in [0.5, 0.6) is 0 Å². The number of fused-ring (bicyclic) bond motifs is 3. The van der Waals surface area contributed by atoms with Crippen molar-refractivity contribution in [3.63, 3.8) is 0 Å². The Morgan fingerprint density at radius 2 is 1.84 bits per heavy atom. The number of ether oxygens (including phenoxy) is 3.